The molecular weight excluding hydrogens is 372 g/mol. The van der Waals surface area contributed by atoms with Crippen LogP contribution in [0.2, 0.25) is 0 Å². The number of aryl methyl sites for hydroxylation is 1. The number of rotatable bonds is 4. The van der Waals surface area contributed by atoms with Gasteiger partial charge in [-0.3, -0.25) is 9.36 Å². The van der Waals surface area contributed by atoms with Gasteiger partial charge in [0.2, 0.25) is 0 Å². The highest BCUT2D eigenvalue weighted by atomic mass is 16.3. The summed E-state index contributed by atoms with van der Waals surface area (Å²) in [6.07, 6.45) is 1.50. The molecule has 2 aliphatic rings. The topological polar surface area (TPSA) is 141 Å². The predicted molar refractivity (Wildman–Crippen MR) is 109 cm³/mol. The number of aromatic nitrogens is 2. The van der Waals surface area contributed by atoms with Crippen molar-refractivity contribution in [2.24, 2.45) is 17.8 Å². The fraction of sp³-hybridized carbons (Fsp3) is 0.350. The van der Waals surface area contributed by atoms with Gasteiger partial charge in [-0.2, -0.15) is 4.98 Å². The van der Waals surface area contributed by atoms with E-state index >= 15 is 0 Å². The lowest BCUT2D eigenvalue weighted by atomic mass is 10.1. The van der Waals surface area contributed by atoms with E-state index in [1.807, 2.05) is 0 Å². The Morgan fingerprint density at radius 3 is 2.83 bits per heavy atom. The summed E-state index contributed by atoms with van der Waals surface area (Å²) in [5, 5.41) is 6.96. The Balaban J connectivity index is 1.54. The van der Waals surface area contributed by atoms with Gasteiger partial charge < -0.3 is 26.5 Å². The van der Waals surface area contributed by atoms with Crippen LogP contribution in [0.25, 0.3) is 16.7 Å². The van der Waals surface area contributed by atoms with Gasteiger partial charge in [0.25, 0.3) is 5.91 Å². The Labute approximate surface area is 166 Å². The van der Waals surface area contributed by atoms with Crippen molar-refractivity contribution in [2.75, 3.05) is 31.1 Å². The maximum Gasteiger partial charge on any atom is 0.354 e. The molecule has 150 valence electrons. The minimum Gasteiger partial charge on any atom is -0.460 e. The zero-order chi connectivity index (χ0) is 20.3. The number of piperidine rings is 1. The maximum atomic E-state index is 13.0. The summed E-state index contributed by atoms with van der Waals surface area (Å²) < 4.78 is 7.04. The molecule has 1 saturated heterocycles. The van der Waals surface area contributed by atoms with Gasteiger partial charge in [0, 0.05) is 18.1 Å². The number of furan rings is 1. The number of carbonyl (C=O) groups excluding carboxylic acids is 1. The average Bonchev–Trinajstić information content (AvgIpc) is 3.00. The standard InChI is InChI=1S/C20H22N6O3/c1-9-4-10-17(22)15(26-3-2-16(21)25-20(26)28)5-11(18(10)29-9)19(27)24-8-14-12-6-23-7-13(12)14/h2-5,12-14,23H,6-8,22H2,1H3,(H,24,27)(H2,21,25,28). The van der Waals surface area contributed by atoms with E-state index in [1.165, 1.54) is 16.8 Å². The number of fused-ring (bicyclic) bond motifs is 2. The van der Waals surface area contributed by atoms with Crippen molar-refractivity contribution in [3.8, 4) is 5.69 Å². The molecule has 0 spiro atoms. The molecule has 5 rings (SSSR count). The van der Waals surface area contributed by atoms with Crippen molar-refractivity contribution in [1.29, 1.82) is 0 Å². The Morgan fingerprint density at radius 2 is 2.10 bits per heavy atom. The molecule has 29 heavy (non-hydrogen) atoms. The van der Waals surface area contributed by atoms with Crippen LogP contribution in [-0.4, -0.2) is 35.1 Å². The van der Waals surface area contributed by atoms with Gasteiger partial charge in [0.15, 0.2) is 0 Å². The first kappa shape index (κ1) is 17.7. The van der Waals surface area contributed by atoms with Crippen LogP contribution in [0.3, 0.4) is 0 Å². The molecule has 1 aliphatic carbocycles. The van der Waals surface area contributed by atoms with Crippen LogP contribution in [-0.2, 0) is 0 Å². The van der Waals surface area contributed by atoms with Crippen molar-refractivity contribution in [3.63, 3.8) is 0 Å². The number of anilines is 2. The van der Waals surface area contributed by atoms with Crippen LogP contribution in [0.15, 0.2) is 33.6 Å². The van der Waals surface area contributed by atoms with E-state index in [9.17, 15) is 9.59 Å². The van der Waals surface area contributed by atoms with Crippen LogP contribution < -0.4 is 27.8 Å². The average molecular weight is 394 g/mol. The number of carbonyl (C=O) groups is 1. The summed E-state index contributed by atoms with van der Waals surface area (Å²) in [4.78, 5) is 29.1. The molecule has 9 nitrogen and oxygen atoms in total. The summed E-state index contributed by atoms with van der Waals surface area (Å²) in [7, 11) is 0. The van der Waals surface area contributed by atoms with E-state index < -0.39 is 5.69 Å². The van der Waals surface area contributed by atoms with E-state index in [0.717, 1.165) is 13.1 Å². The Kier molecular flexibility index (Phi) is 3.88. The molecule has 3 heterocycles. The second-order valence-electron chi connectivity index (χ2n) is 7.82. The van der Waals surface area contributed by atoms with E-state index in [2.05, 4.69) is 15.6 Å². The van der Waals surface area contributed by atoms with Gasteiger partial charge in [-0.1, -0.05) is 0 Å². The van der Waals surface area contributed by atoms with Crippen LogP contribution in [0.1, 0.15) is 16.1 Å². The minimum atomic E-state index is -0.569. The molecule has 2 atom stereocenters. The lowest BCUT2D eigenvalue weighted by Crippen LogP contribution is -2.29. The van der Waals surface area contributed by atoms with Gasteiger partial charge in [-0.05, 0) is 56.0 Å². The molecule has 2 fully saturated rings. The van der Waals surface area contributed by atoms with Gasteiger partial charge in [0.1, 0.15) is 17.2 Å². The molecule has 2 aromatic heterocycles. The summed E-state index contributed by atoms with van der Waals surface area (Å²) in [5.74, 6) is 2.33. The molecule has 0 bridgehead atoms. The van der Waals surface area contributed by atoms with Crippen LogP contribution in [0.5, 0.6) is 0 Å². The van der Waals surface area contributed by atoms with Gasteiger partial charge >= 0.3 is 5.69 Å². The normalized spacial score (nSPS) is 22.6. The second-order valence-corrected chi connectivity index (χ2v) is 7.82. The zero-order valence-electron chi connectivity index (χ0n) is 15.9. The number of nitrogen functional groups attached to an aromatic ring is 2. The Bertz CT molecular complexity index is 1190. The highest BCUT2D eigenvalue weighted by molar-refractivity contribution is 6.10. The molecule has 2 unspecified atom stereocenters. The smallest absolute Gasteiger partial charge is 0.354 e. The summed E-state index contributed by atoms with van der Waals surface area (Å²) >= 11 is 0. The van der Waals surface area contributed by atoms with Crippen molar-refractivity contribution in [1.82, 2.24) is 20.2 Å². The first-order valence-electron chi connectivity index (χ1n) is 9.61. The van der Waals surface area contributed by atoms with Crippen molar-refractivity contribution in [2.45, 2.75) is 6.92 Å². The highest BCUT2D eigenvalue weighted by Gasteiger charge is 2.52. The summed E-state index contributed by atoms with van der Waals surface area (Å²) in [5.41, 5.74) is 12.8. The molecule has 1 aliphatic heterocycles. The lowest BCUT2D eigenvalue weighted by molar-refractivity contribution is 0.0951. The Hall–Kier alpha value is -3.33. The first-order chi connectivity index (χ1) is 13.9. The molecule has 1 aromatic carbocycles. The summed E-state index contributed by atoms with van der Waals surface area (Å²) in [6.45, 7) is 4.45. The number of hydrogen-bond donors (Lipinski definition) is 4. The van der Waals surface area contributed by atoms with Crippen molar-refractivity contribution in [3.05, 3.63) is 46.2 Å². The second kappa shape index (κ2) is 6.35. The van der Waals surface area contributed by atoms with Gasteiger partial charge in [0.05, 0.1) is 16.9 Å². The predicted octanol–water partition coefficient (Wildman–Crippen LogP) is 0.647. The Morgan fingerprint density at radius 1 is 1.34 bits per heavy atom. The van der Waals surface area contributed by atoms with Gasteiger partial charge in [-0.25, -0.2) is 4.79 Å². The quantitative estimate of drug-likeness (QED) is 0.476. The van der Waals surface area contributed by atoms with Crippen LogP contribution in [0.4, 0.5) is 11.5 Å². The molecule has 0 radical (unpaired) electrons. The fourth-order valence-electron chi connectivity index (χ4n) is 4.45. The summed E-state index contributed by atoms with van der Waals surface area (Å²) in [6, 6.07) is 4.84. The van der Waals surface area contributed by atoms with Crippen molar-refractivity contribution < 1.29 is 9.21 Å². The minimum absolute atomic E-state index is 0.118. The molecule has 9 heteroatoms. The number of hydrogen-bond acceptors (Lipinski definition) is 7. The lowest BCUT2D eigenvalue weighted by Gasteiger charge is -2.13. The molecule has 1 saturated carbocycles. The highest BCUT2D eigenvalue weighted by Crippen LogP contribution is 2.48. The maximum absolute atomic E-state index is 13.0. The third kappa shape index (κ3) is 2.85. The molecule has 1 amide bonds. The monoisotopic (exact) mass is 394 g/mol. The number of amides is 1. The SMILES string of the molecule is Cc1cc2c(N)c(-n3ccc(N)nc3=O)cc(C(=O)NCC3C4CNCC43)c2o1. The molecule has 3 aromatic rings. The number of nitrogens with zero attached hydrogens (tertiary/aromatic N) is 2. The van der Waals surface area contributed by atoms with E-state index in [1.54, 1.807) is 19.1 Å². The third-order valence-electron chi connectivity index (χ3n) is 6.04. The number of nitrogens with two attached hydrogens (primary N) is 2. The first-order valence-corrected chi connectivity index (χ1v) is 9.61. The number of nitrogens with one attached hydrogen (secondary N) is 2. The zero-order valence-corrected chi connectivity index (χ0v) is 15.9. The van der Waals surface area contributed by atoms with E-state index in [0.29, 0.717) is 58.0 Å². The fourth-order valence-corrected chi connectivity index (χ4v) is 4.45. The van der Waals surface area contributed by atoms with Gasteiger partial charge in [-0.15, -0.1) is 0 Å². The van der Waals surface area contributed by atoms with Crippen molar-refractivity contribution >= 4 is 28.4 Å². The molecule has 6 N–H and O–H groups in total. The van der Waals surface area contributed by atoms with Crippen LogP contribution >= 0.6 is 0 Å². The van der Waals surface area contributed by atoms with E-state index in [4.69, 9.17) is 15.9 Å². The number of benzene rings is 1. The largest absolute Gasteiger partial charge is 0.460 e. The van der Waals surface area contributed by atoms with Crippen LogP contribution in [0, 0.1) is 24.7 Å². The third-order valence-corrected chi connectivity index (χ3v) is 6.04. The van der Waals surface area contributed by atoms with E-state index in [-0.39, 0.29) is 11.7 Å². The molecular formula is C20H22N6O3.